The lowest BCUT2D eigenvalue weighted by atomic mass is 10.4. The topological polar surface area (TPSA) is 24.7 Å². The molecule has 0 bridgehead atoms. The van der Waals surface area contributed by atoms with Gasteiger partial charge in [0.1, 0.15) is 6.34 Å². The number of rotatable bonds is 0. The van der Waals surface area contributed by atoms with Crippen molar-refractivity contribution < 1.29 is 0 Å². The highest BCUT2D eigenvalue weighted by Gasteiger charge is 1.85. The molecule has 0 aromatic heterocycles. The van der Waals surface area contributed by atoms with Crippen LogP contribution in [0.3, 0.4) is 0 Å². The van der Waals surface area contributed by atoms with Crippen molar-refractivity contribution in [1.82, 2.24) is 0 Å². The summed E-state index contributed by atoms with van der Waals surface area (Å²) in [5.41, 5.74) is 1.36. The van der Waals surface area contributed by atoms with E-state index in [2.05, 4.69) is 15.1 Å². The molecule has 8 heavy (non-hydrogen) atoms. The average molecular weight is 222 g/mol. The van der Waals surface area contributed by atoms with E-state index in [4.69, 9.17) is 0 Å². The number of alkyl halides is 1. The molecule has 1 aliphatic heterocycles. The van der Waals surface area contributed by atoms with E-state index in [1.165, 1.54) is 10.0 Å². The normalized spacial score (nSPS) is 18.9. The molecular formula is C5H7IN2. The summed E-state index contributed by atoms with van der Waals surface area (Å²) in [5, 5.41) is 0. The van der Waals surface area contributed by atoms with Crippen LogP contribution in [0.1, 0.15) is 6.92 Å². The molecule has 0 atom stereocenters. The van der Waals surface area contributed by atoms with E-state index in [9.17, 15) is 0 Å². The molecule has 0 amide bonds. The molecule has 0 N–H and O–H groups in total. The van der Waals surface area contributed by atoms with Crippen molar-refractivity contribution in [2.24, 2.45) is 8.14 Å². The summed E-state index contributed by atoms with van der Waals surface area (Å²) >= 11 is 0.0544. The summed E-state index contributed by atoms with van der Waals surface area (Å²) in [6.45, 7) is 2.10. The van der Waals surface area contributed by atoms with Crippen molar-refractivity contribution in [1.29, 1.82) is 0 Å². The Morgan fingerprint density at radius 1 is 1.75 bits per heavy atom. The summed E-state index contributed by atoms with van der Waals surface area (Å²) < 4.78 is 5.25. The Morgan fingerprint density at radius 2 is 2.62 bits per heavy atom. The summed E-state index contributed by atoms with van der Waals surface area (Å²) in [6.07, 6.45) is 3.54. The molecule has 3 heteroatoms. The van der Waals surface area contributed by atoms with E-state index >= 15 is 0 Å². The van der Waals surface area contributed by atoms with E-state index in [0.29, 0.717) is 0 Å². The summed E-state index contributed by atoms with van der Waals surface area (Å²) in [4.78, 5) is 3.93. The quantitative estimate of drug-likeness (QED) is 0.442. The minimum Gasteiger partial charge on any atom is -0.244 e. The van der Waals surface area contributed by atoms with Gasteiger partial charge in [-0.15, -0.1) is 0 Å². The highest BCUT2D eigenvalue weighted by molar-refractivity contribution is 14.2. The standard InChI is InChI=1S/C5H7IN2/c1-5-2-6-8-4-7-3-5/h3-4H,2H2,1H3. The Balaban J connectivity index is 2.69. The molecule has 0 saturated carbocycles. The molecule has 1 aliphatic rings. The van der Waals surface area contributed by atoms with Crippen molar-refractivity contribution in [3.8, 4) is 0 Å². The lowest BCUT2D eigenvalue weighted by Crippen LogP contribution is -1.70. The summed E-state index contributed by atoms with van der Waals surface area (Å²) in [7, 11) is 0. The largest absolute Gasteiger partial charge is 0.244 e. The zero-order valence-corrected chi connectivity index (χ0v) is 6.79. The van der Waals surface area contributed by atoms with Gasteiger partial charge in [0, 0.05) is 31.7 Å². The Morgan fingerprint density at radius 3 is 3.50 bits per heavy atom. The van der Waals surface area contributed by atoms with Gasteiger partial charge in [0.15, 0.2) is 0 Å². The van der Waals surface area contributed by atoms with Gasteiger partial charge < -0.3 is 0 Å². The molecule has 0 aromatic rings. The minimum atomic E-state index is 0.0544. The Labute approximate surface area is 58.9 Å². The first-order valence-corrected chi connectivity index (χ1v) is 4.84. The second-order valence-corrected chi connectivity index (χ2v) is 3.59. The highest BCUT2D eigenvalue weighted by Crippen LogP contribution is 2.09. The average Bonchev–Trinajstić information content (AvgIpc) is 1.94. The highest BCUT2D eigenvalue weighted by atomic mass is 127. The van der Waals surface area contributed by atoms with E-state index < -0.39 is 0 Å². The van der Waals surface area contributed by atoms with Crippen molar-refractivity contribution in [3.63, 3.8) is 0 Å². The molecule has 0 radical (unpaired) electrons. The predicted molar refractivity (Wildman–Crippen MR) is 43.6 cm³/mol. The van der Waals surface area contributed by atoms with Crippen LogP contribution in [-0.4, -0.2) is 10.8 Å². The van der Waals surface area contributed by atoms with Crippen LogP contribution in [0.15, 0.2) is 19.9 Å². The maximum Gasteiger partial charge on any atom is 0.121 e. The molecule has 0 saturated heterocycles. The molecule has 0 aromatic carbocycles. The number of hydrogen-bond acceptors (Lipinski definition) is 2. The first-order valence-electron chi connectivity index (χ1n) is 2.35. The summed E-state index contributed by atoms with van der Waals surface area (Å²) in [6, 6.07) is 0. The second-order valence-electron chi connectivity index (χ2n) is 1.59. The molecule has 44 valence electrons. The molecule has 0 aliphatic carbocycles. The van der Waals surface area contributed by atoms with Crippen molar-refractivity contribution in [2.45, 2.75) is 6.92 Å². The summed E-state index contributed by atoms with van der Waals surface area (Å²) in [5.74, 6) is 0. The SMILES string of the molecule is CC1=CN=CN=IC1. The molecule has 1 heterocycles. The van der Waals surface area contributed by atoms with E-state index in [-0.39, 0.29) is 21.0 Å². The van der Waals surface area contributed by atoms with Gasteiger partial charge in [-0.25, -0.2) is 8.14 Å². The third kappa shape index (κ3) is 1.81. The first kappa shape index (κ1) is 6.07. The van der Waals surface area contributed by atoms with Crippen LogP contribution < -0.4 is 0 Å². The lowest BCUT2D eigenvalue weighted by molar-refractivity contribution is 1.37. The maximum absolute atomic E-state index is 4.09. The minimum absolute atomic E-state index is 0.0544. The van der Waals surface area contributed by atoms with Gasteiger partial charge in [-0.1, -0.05) is 0 Å². The molecular weight excluding hydrogens is 215 g/mol. The van der Waals surface area contributed by atoms with Gasteiger partial charge in [0.05, 0.1) is 0 Å². The molecule has 2 nitrogen and oxygen atoms in total. The van der Waals surface area contributed by atoms with Crippen LogP contribution >= 0.6 is 21.0 Å². The van der Waals surface area contributed by atoms with Gasteiger partial charge in [-0.05, 0) is 12.5 Å². The molecule has 0 spiro atoms. The fraction of sp³-hybridized carbons (Fsp3) is 0.400. The molecule has 0 unspecified atom stereocenters. The fourth-order valence-corrected chi connectivity index (χ4v) is 1.63. The van der Waals surface area contributed by atoms with Crippen LogP contribution in [0, 0.1) is 0 Å². The van der Waals surface area contributed by atoms with Gasteiger partial charge in [0.2, 0.25) is 0 Å². The van der Waals surface area contributed by atoms with Gasteiger partial charge in [0.25, 0.3) is 0 Å². The molecule has 1 rings (SSSR count). The lowest BCUT2D eigenvalue weighted by Gasteiger charge is -1.83. The predicted octanol–water partition coefficient (Wildman–Crippen LogP) is 2.09. The van der Waals surface area contributed by atoms with Crippen LogP contribution in [0.25, 0.3) is 0 Å². The van der Waals surface area contributed by atoms with Crippen molar-refractivity contribution in [3.05, 3.63) is 11.8 Å². The number of aliphatic imine (C=N–C) groups is 1. The number of halogens is 1. The van der Waals surface area contributed by atoms with Crippen LogP contribution in [0.2, 0.25) is 0 Å². The van der Waals surface area contributed by atoms with Crippen LogP contribution in [-0.2, 0) is 0 Å². The smallest absolute Gasteiger partial charge is 0.121 e. The fourth-order valence-electron chi connectivity index (χ4n) is 0.380. The van der Waals surface area contributed by atoms with Crippen molar-refractivity contribution >= 4 is 27.4 Å². The van der Waals surface area contributed by atoms with E-state index in [0.717, 1.165) is 0 Å². The number of allylic oxidation sites excluding steroid dienone is 1. The van der Waals surface area contributed by atoms with E-state index in [1.807, 2.05) is 6.20 Å². The first-order chi connectivity index (χ1) is 3.89. The van der Waals surface area contributed by atoms with Crippen molar-refractivity contribution in [2.75, 3.05) is 4.43 Å². The third-order valence-electron chi connectivity index (χ3n) is 0.745. The zero-order valence-electron chi connectivity index (χ0n) is 4.63. The Kier molecular flexibility index (Phi) is 2.32. The van der Waals surface area contributed by atoms with E-state index in [1.54, 1.807) is 6.34 Å². The Bertz CT molecular complexity index is 158. The number of hydrogen-bond donors (Lipinski definition) is 0. The number of nitrogens with zero attached hydrogens (tertiary/aromatic N) is 2. The third-order valence-corrected chi connectivity index (χ3v) is 2.93. The Hall–Kier alpha value is -0.0600. The van der Waals surface area contributed by atoms with Gasteiger partial charge in [-0.2, -0.15) is 0 Å². The van der Waals surface area contributed by atoms with Crippen LogP contribution in [0.4, 0.5) is 0 Å². The van der Waals surface area contributed by atoms with Gasteiger partial charge >= 0.3 is 0 Å². The monoisotopic (exact) mass is 222 g/mol. The second kappa shape index (κ2) is 3.06. The maximum atomic E-state index is 4.09. The molecule has 0 fully saturated rings. The van der Waals surface area contributed by atoms with Gasteiger partial charge in [-0.3, -0.25) is 0 Å². The zero-order chi connectivity index (χ0) is 5.82. The van der Waals surface area contributed by atoms with Crippen LogP contribution in [0.5, 0.6) is 0 Å².